The van der Waals surface area contributed by atoms with Gasteiger partial charge in [-0.2, -0.15) is 0 Å². The number of halogens is 4. The smallest absolute Gasteiger partial charge is 0.242 e. The Balaban J connectivity index is 1.92. The number of anilines is 3. The van der Waals surface area contributed by atoms with E-state index in [4.69, 9.17) is 23.2 Å². The van der Waals surface area contributed by atoms with E-state index in [2.05, 4.69) is 10.0 Å². The van der Waals surface area contributed by atoms with Crippen LogP contribution < -0.4 is 10.0 Å². The van der Waals surface area contributed by atoms with Crippen LogP contribution in [-0.4, -0.2) is 9.32 Å². The van der Waals surface area contributed by atoms with E-state index in [1.54, 1.807) is 0 Å². The molecule has 2 aromatic rings. The van der Waals surface area contributed by atoms with Crippen molar-refractivity contribution < 1.29 is 17.8 Å². The minimum atomic E-state index is -2.05. The highest BCUT2D eigenvalue weighted by Gasteiger charge is 2.34. The van der Waals surface area contributed by atoms with Gasteiger partial charge in [-0.15, -0.1) is 0 Å². The molecule has 132 valence electrons. The van der Waals surface area contributed by atoms with Gasteiger partial charge in [-0.05, 0) is 43.2 Å². The van der Waals surface area contributed by atoms with Crippen molar-refractivity contribution in [2.24, 2.45) is 5.92 Å². The quantitative estimate of drug-likeness (QED) is 0.734. The summed E-state index contributed by atoms with van der Waals surface area (Å²) in [6, 6.07) is 6.53. The summed E-state index contributed by atoms with van der Waals surface area (Å²) in [5.41, 5.74) is -0.0451. The first-order valence-corrected chi connectivity index (χ1v) is 9.19. The van der Waals surface area contributed by atoms with Gasteiger partial charge in [-0.3, -0.25) is 9.52 Å². The van der Waals surface area contributed by atoms with Gasteiger partial charge in [-0.25, -0.2) is 13.0 Å². The van der Waals surface area contributed by atoms with Crippen molar-refractivity contribution in [3.8, 4) is 0 Å². The van der Waals surface area contributed by atoms with Crippen LogP contribution in [-0.2, 0) is 15.8 Å². The molecule has 1 aliphatic rings. The second-order valence-electron chi connectivity index (χ2n) is 5.50. The Morgan fingerprint density at radius 1 is 1.12 bits per heavy atom. The summed E-state index contributed by atoms with van der Waals surface area (Å²) in [6.45, 7) is 0. The number of carbonyl (C=O) groups is 1. The molecule has 1 atom stereocenters. The summed E-state index contributed by atoms with van der Waals surface area (Å²) in [5, 5.41) is 2.77. The van der Waals surface area contributed by atoms with E-state index in [-0.39, 0.29) is 28.0 Å². The fourth-order valence-electron chi connectivity index (χ4n) is 2.10. The minimum Gasteiger partial charge on any atom is -0.350 e. The lowest BCUT2D eigenvalue weighted by Crippen LogP contribution is -2.18. The highest BCUT2D eigenvalue weighted by molar-refractivity contribution is 8.01. The molecule has 0 radical (unpaired) electrons. The van der Waals surface area contributed by atoms with E-state index in [0.717, 1.165) is 6.07 Å². The lowest BCUT2D eigenvalue weighted by atomic mass is 10.2. The van der Waals surface area contributed by atoms with Gasteiger partial charge in [0.15, 0.2) is 22.6 Å². The molecule has 4 nitrogen and oxygen atoms in total. The van der Waals surface area contributed by atoms with Gasteiger partial charge in [0.25, 0.3) is 0 Å². The third kappa shape index (κ3) is 4.11. The highest BCUT2D eigenvalue weighted by Crippen LogP contribution is 2.35. The molecule has 0 heterocycles. The molecule has 0 amide bonds. The molecule has 0 spiro atoms. The van der Waals surface area contributed by atoms with Crippen LogP contribution >= 0.6 is 23.2 Å². The number of benzene rings is 2. The molecule has 25 heavy (non-hydrogen) atoms. The standard InChI is InChI=1S/C16H12Cl2F2N2O2S/c17-9-3-5-12(10(18)7-9)21-15-13(6-4-11(19)14(15)20)22-25(24)16(23)8-1-2-8/h3-8,21-22H,1-2H2. The molecule has 2 aromatic carbocycles. The lowest BCUT2D eigenvalue weighted by molar-refractivity contribution is -0.112. The van der Waals surface area contributed by atoms with Crippen LogP contribution in [0, 0.1) is 17.6 Å². The van der Waals surface area contributed by atoms with Crippen molar-refractivity contribution in [2.75, 3.05) is 10.0 Å². The molecule has 0 aliphatic heterocycles. The van der Waals surface area contributed by atoms with E-state index in [1.807, 2.05) is 0 Å². The van der Waals surface area contributed by atoms with Gasteiger partial charge in [0, 0.05) is 10.9 Å². The summed E-state index contributed by atoms with van der Waals surface area (Å²) >= 11 is 11.8. The molecule has 0 aromatic heterocycles. The van der Waals surface area contributed by atoms with E-state index >= 15 is 0 Å². The first-order valence-electron chi connectivity index (χ1n) is 7.29. The van der Waals surface area contributed by atoms with E-state index in [9.17, 15) is 17.8 Å². The van der Waals surface area contributed by atoms with Gasteiger partial charge >= 0.3 is 0 Å². The second kappa shape index (κ2) is 7.27. The molecule has 0 bridgehead atoms. The Morgan fingerprint density at radius 2 is 1.80 bits per heavy atom. The maximum atomic E-state index is 14.3. The van der Waals surface area contributed by atoms with Crippen molar-refractivity contribution in [2.45, 2.75) is 12.8 Å². The fourth-order valence-corrected chi connectivity index (χ4v) is 3.57. The first kappa shape index (κ1) is 18.1. The van der Waals surface area contributed by atoms with Gasteiger partial charge in [0.2, 0.25) is 5.12 Å². The van der Waals surface area contributed by atoms with Crippen molar-refractivity contribution >= 4 is 56.4 Å². The summed E-state index contributed by atoms with van der Waals surface area (Å²) in [5.74, 6) is -2.52. The largest absolute Gasteiger partial charge is 0.350 e. The molecule has 1 fully saturated rings. The van der Waals surface area contributed by atoms with Gasteiger partial charge in [0.1, 0.15) is 5.69 Å². The highest BCUT2D eigenvalue weighted by atomic mass is 35.5. The monoisotopic (exact) mass is 404 g/mol. The van der Waals surface area contributed by atoms with Gasteiger partial charge in [-0.1, -0.05) is 23.2 Å². The molecular formula is C16H12Cl2F2N2O2S. The maximum absolute atomic E-state index is 14.3. The zero-order valence-corrected chi connectivity index (χ0v) is 14.9. The van der Waals surface area contributed by atoms with Crippen molar-refractivity contribution in [1.82, 2.24) is 0 Å². The molecule has 3 rings (SSSR count). The van der Waals surface area contributed by atoms with Crippen LogP contribution in [0.5, 0.6) is 0 Å². The summed E-state index contributed by atoms with van der Waals surface area (Å²) in [4.78, 5) is 11.8. The summed E-state index contributed by atoms with van der Waals surface area (Å²) < 4.78 is 42.4. The van der Waals surface area contributed by atoms with Gasteiger partial charge in [0.05, 0.1) is 16.4 Å². The number of carbonyl (C=O) groups excluding carboxylic acids is 1. The Bertz CT molecular complexity index is 875. The number of rotatable bonds is 5. The lowest BCUT2D eigenvalue weighted by Gasteiger charge is -2.15. The number of hydrogen-bond donors (Lipinski definition) is 2. The van der Waals surface area contributed by atoms with Crippen LogP contribution in [0.4, 0.5) is 25.8 Å². The average Bonchev–Trinajstić information content (AvgIpc) is 3.40. The van der Waals surface area contributed by atoms with E-state index < -0.39 is 27.7 Å². The normalized spacial score (nSPS) is 14.9. The topological polar surface area (TPSA) is 58.2 Å². The van der Waals surface area contributed by atoms with Crippen LogP contribution in [0.3, 0.4) is 0 Å². The van der Waals surface area contributed by atoms with E-state index in [0.29, 0.717) is 17.9 Å². The fraction of sp³-hybridized carbons (Fsp3) is 0.188. The average molecular weight is 405 g/mol. The van der Waals surface area contributed by atoms with Crippen molar-refractivity contribution in [1.29, 1.82) is 0 Å². The zero-order valence-electron chi connectivity index (χ0n) is 12.6. The van der Waals surface area contributed by atoms with Crippen LogP contribution in [0.25, 0.3) is 0 Å². The Morgan fingerprint density at radius 3 is 2.44 bits per heavy atom. The molecule has 1 unspecified atom stereocenters. The van der Waals surface area contributed by atoms with Crippen molar-refractivity contribution in [3.05, 3.63) is 52.0 Å². The summed E-state index contributed by atoms with van der Waals surface area (Å²) in [7, 11) is -2.05. The molecular weight excluding hydrogens is 393 g/mol. The number of hydrogen-bond acceptors (Lipinski definition) is 3. The Labute approximate surface area is 155 Å². The number of nitrogens with one attached hydrogen (secondary N) is 2. The Kier molecular flexibility index (Phi) is 5.27. The molecule has 1 aliphatic carbocycles. The second-order valence-corrected chi connectivity index (χ2v) is 7.48. The van der Waals surface area contributed by atoms with Crippen LogP contribution in [0.2, 0.25) is 10.0 Å². The third-order valence-corrected chi connectivity index (χ3v) is 5.23. The SMILES string of the molecule is O=C(C1CC1)S(=O)Nc1ccc(F)c(F)c1Nc1ccc(Cl)cc1Cl. The predicted molar refractivity (Wildman–Crippen MR) is 95.6 cm³/mol. The predicted octanol–water partition coefficient (Wildman–Crippen LogP) is 5.03. The molecule has 2 N–H and O–H groups in total. The molecule has 0 saturated heterocycles. The molecule has 1 saturated carbocycles. The zero-order chi connectivity index (χ0) is 18.1. The maximum Gasteiger partial charge on any atom is 0.242 e. The molecule has 9 heteroatoms. The third-order valence-electron chi connectivity index (χ3n) is 3.58. The van der Waals surface area contributed by atoms with Gasteiger partial charge < -0.3 is 5.32 Å². The first-order chi connectivity index (χ1) is 11.9. The van der Waals surface area contributed by atoms with E-state index in [1.165, 1.54) is 24.3 Å². The van der Waals surface area contributed by atoms with Crippen molar-refractivity contribution in [3.63, 3.8) is 0 Å². The van der Waals surface area contributed by atoms with Crippen LogP contribution in [0.15, 0.2) is 30.3 Å². The Hall–Kier alpha value is -1.70. The summed E-state index contributed by atoms with van der Waals surface area (Å²) in [6.07, 6.45) is 1.38. The van der Waals surface area contributed by atoms with Crippen LogP contribution in [0.1, 0.15) is 12.8 Å². The minimum absolute atomic E-state index is 0.0164.